The van der Waals surface area contributed by atoms with E-state index in [1.165, 1.54) is 18.6 Å². The predicted molar refractivity (Wildman–Crippen MR) is 76.9 cm³/mol. The summed E-state index contributed by atoms with van der Waals surface area (Å²) in [6.45, 7) is 8.24. The molecule has 1 aliphatic rings. The van der Waals surface area contributed by atoms with Gasteiger partial charge in [0.1, 0.15) is 5.82 Å². The minimum absolute atomic E-state index is 0.282. The van der Waals surface area contributed by atoms with Gasteiger partial charge >= 0.3 is 0 Å². The highest BCUT2D eigenvalue weighted by Crippen LogP contribution is 2.37. The van der Waals surface area contributed by atoms with Crippen LogP contribution >= 0.6 is 0 Å². The van der Waals surface area contributed by atoms with E-state index in [2.05, 4.69) is 18.7 Å². The highest BCUT2D eigenvalue weighted by atomic mass is 19.1. The van der Waals surface area contributed by atoms with E-state index in [1.54, 1.807) is 13.0 Å². The number of nitrogens with zero attached hydrogens (tertiary/aromatic N) is 1. The zero-order valence-corrected chi connectivity index (χ0v) is 12.1. The molecule has 0 aliphatic carbocycles. The molecular formula is C16H24FNO. The van der Waals surface area contributed by atoms with Crippen molar-refractivity contribution >= 4 is 5.69 Å². The van der Waals surface area contributed by atoms with Crippen LogP contribution in [-0.2, 0) is 0 Å². The zero-order chi connectivity index (χ0) is 14.0. The zero-order valence-electron chi connectivity index (χ0n) is 12.1. The van der Waals surface area contributed by atoms with Crippen molar-refractivity contribution in [2.75, 3.05) is 18.0 Å². The van der Waals surface area contributed by atoms with Gasteiger partial charge in [-0.15, -0.1) is 0 Å². The summed E-state index contributed by atoms with van der Waals surface area (Å²) in [7, 11) is 0. The van der Waals surface area contributed by atoms with Gasteiger partial charge in [-0.05, 0) is 43.4 Å². The summed E-state index contributed by atoms with van der Waals surface area (Å²) < 4.78 is 13.3. The Hall–Kier alpha value is -1.09. The van der Waals surface area contributed by atoms with Crippen LogP contribution in [-0.4, -0.2) is 18.2 Å². The number of hydrogen-bond donors (Lipinski definition) is 1. The van der Waals surface area contributed by atoms with E-state index in [0.29, 0.717) is 11.0 Å². The molecule has 1 saturated heterocycles. The van der Waals surface area contributed by atoms with Crippen LogP contribution in [0.5, 0.6) is 0 Å². The predicted octanol–water partition coefficient (Wildman–Crippen LogP) is 3.90. The number of aliphatic hydroxyl groups is 1. The lowest BCUT2D eigenvalue weighted by Crippen LogP contribution is -2.39. The van der Waals surface area contributed by atoms with E-state index >= 15 is 0 Å². The van der Waals surface area contributed by atoms with Gasteiger partial charge < -0.3 is 10.0 Å². The minimum atomic E-state index is -0.634. The van der Waals surface area contributed by atoms with E-state index in [0.717, 1.165) is 31.6 Å². The topological polar surface area (TPSA) is 23.5 Å². The summed E-state index contributed by atoms with van der Waals surface area (Å²) in [5.41, 5.74) is 2.11. The van der Waals surface area contributed by atoms with Gasteiger partial charge in [0.05, 0.1) is 6.10 Å². The first kappa shape index (κ1) is 14.3. The molecule has 3 heteroatoms. The van der Waals surface area contributed by atoms with Crippen molar-refractivity contribution in [3.05, 3.63) is 29.6 Å². The molecule has 19 heavy (non-hydrogen) atoms. The average Bonchev–Trinajstić information content (AvgIpc) is 2.40. The summed E-state index contributed by atoms with van der Waals surface area (Å²) in [5.74, 6) is -0.282. The first-order chi connectivity index (χ1) is 8.95. The molecule has 0 radical (unpaired) electrons. The smallest absolute Gasteiger partial charge is 0.123 e. The maximum atomic E-state index is 13.3. The van der Waals surface area contributed by atoms with Gasteiger partial charge in [0, 0.05) is 24.3 Å². The second-order valence-electron chi connectivity index (χ2n) is 6.03. The van der Waals surface area contributed by atoms with Crippen LogP contribution in [0.3, 0.4) is 0 Å². The summed E-state index contributed by atoms with van der Waals surface area (Å²) in [5, 5.41) is 9.82. The maximum Gasteiger partial charge on any atom is 0.123 e. The van der Waals surface area contributed by atoms with Crippen LogP contribution in [0.1, 0.15) is 51.7 Å². The number of hydrogen-bond acceptors (Lipinski definition) is 2. The highest BCUT2D eigenvalue weighted by Gasteiger charge is 2.29. The van der Waals surface area contributed by atoms with Gasteiger partial charge in [-0.1, -0.05) is 20.3 Å². The van der Waals surface area contributed by atoms with Gasteiger partial charge in [-0.25, -0.2) is 4.39 Å². The summed E-state index contributed by atoms with van der Waals surface area (Å²) in [4.78, 5) is 2.28. The van der Waals surface area contributed by atoms with Gasteiger partial charge in [0.15, 0.2) is 0 Å². The first-order valence-electron chi connectivity index (χ1n) is 7.18. The van der Waals surface area contributed by atoms with E-state index < -0.39 is 6.10 Å². The molecule has 1 aliphatic heterocycles. The lowest BCUT2D eigenvalue weighted by Gasteiger charge is -2.41. The molecule has 1 atom stereocenters. The van der Waals surface area contributed by atoms with Crippen molar-refractivity contribution in [3.8, 4) is 0 Å². The van der Waals surface area contributed by atoms with Gasteiger partial charge in [0.25, 0.3) is 0 Å². The molecule has 0 spiro atoms. The minimum Gasteiger partial charge on any atom is -0.389 e. The molecule has 0 aromatic heterocycles. The molecular weight excluding hydrogens is 241 g/mol. The van der Waals surface area contributed by atoms with Crippen molar-refractivity contribution in [2.24, 2.45) is 5.41 Å². The Balaban J connectivity index is 2.20. The Morgan fingerprint density at radius 1 is 1.37 bits per heavy atom. The van der Waals surface area contributed by atoms with Crippen LogP contribution in [0, 0.1) is 11.2 Å². The molecule has 106 valence electrons. The van der Waals surface area contributed by atoms with Crippen molar-refractivity contribution in [1.82, 2.24) is 0 Å². The number of benzene rings is 1. The molecule has 0 bridgehead atoms. The van der Waals surface area contributed by atoms with Crippen LogP contribution < -0.4 is 4.90 Å². The third-order valence-electron chi connectivity index (χ3n) is 4.60. The summed E-state index contributed by atoms with van der Waals surface area (Å²) >= 11 is 0. The molecule has 2 nitrogen and oxygen atoms in total. The summed E-state index contributed by atoms with van der Waals surface area (Å²) in [6.07, 6.45) is 2.87. The van der Waals surface area contributed by atoms with Crippen molar-refractivity contribution in [3.63, 3.8) is 0 Å². The maximum absolute atomic E-state index is 13.3. The quantitative estimate of drug-likeness (QED) is 0.896. The van der Waals surface area contributed by atoms with Crippen LogP contribution in [0.15, 0.2) is 18.2 Å². The lowest BCUT2D eigenvalue weighted by atomic mass is 9.78. The first-order valence-corrected chi connectivity index (χ1v) is 7.18. The van der Waals surface area contributed by atoms with Gasteiger partial charge in [-0.2, -0.15) is 0 Å². The number of aliphatic hydroxyl groups excluding tert-OH is 1. The van der Waals surface area contributed by atoms with E-state index in [-0.39, 0.29) is 5.82 Å². The SMILES string of the molecule is CCC1(C)CCN(c2ccc(F)cc2[C@@H](C)O)CC1. The third-order valence-corrected chi connectivity index (χ3v) is 4.60. The molecule has 0 amide bonds. The number of halogens is 1. The van der Waals surface area contributed by atoms with E-state index in [9.17, 15) is 9.50 Å². The standard InChI is InChI=1S/C16H24FNO/c1-4-16(3)7-9-18(10-8-16)15-6-5-13(17)11-14(15)12(2)19/h5-6,11-12,19H,4,7-10H2,1-3H3/t12-/m1/s1. The van der Waals surface area contributed by atoms with Gasteiger partial charge in [-0.3, -0.25) is 0 Å². The van der Waals surface area contributed by atoms with Crippen molar-refractivity contribution < 1.29 is 9.50 Å². The Kier molecular flexibility index (Phi) is 4.14. The molecule has 1 aromatic rings. The number of rotatable bonds is 3. The van der Waals surface area contributed by atoms with Crippen molar-refractivity contribution in [1.29, 1.82) is 0 Å². The monoisotopic (exact) mass is 265 g/mol. The molecule has 1 heterocycles. The Morgan fingerprint density at radius 2 is 2.00 bits per heavy atom. The largest absolute Gasteiger partial charge is 0.389 e. The lowest BCUT2D eigenvalue weighted by molar-refractivity contribution is 0.198. The second-order valence-corrected chi connectivity index (χ2v) is 6.03. The Bertz CT molecular complexity index is 436. The molecule has 1 fully saturated rings. The average molecular weight is 265 g/mol. The molecule has 1 N–H and O–H groups in total. The highest BCUT2D eigenvalue weighted by molar-refractivity contribution is 5.55. The number of piperidine rings is 1. The number of anilines is 1. The fraction of sp³-hybridized carbons (Fsp3) is 0.625. The fourth-order valence-electron chi connectivity index (χ4n) is 2.79. The van der Waals surface area contributed by atoms with E-state index in [4.69, 9.17) is 0 Å². The summed E-state index contributed by atoms with van der Waals surface area (Å²) in [6, 6.07) is 4.73. The van der Waals surface area contributed by atoms with Crippen LogP contribution in [0.25, 0.3) is 0 Å². The molecule has 0 unspecified atom stereocenters. The fourth-order valence-corrected chi connectivity index (χ4v) is 2.79. The van der Waals surface area contributed by atoms with Crippen LogP contribution in [0.2, 0.25) is 0 Å². The Morgan fingerprint density at radius 3 is 2.53 bits per heavy atom. The van der Waals surface area contributed by atoms with Crippen LogP contribution in [0.4, 0.5) is 10.1 Å². The third kappa shape index (κ3) is 3.08. The van der Waals surface area contributed by atoms with Crippen molar-refractivity contribution in [2.45, 2.75) is 46.1 Å². The normalized spacial score (nSPS) is 20.4. The molecule has 0 saturated carbocycles. The molecule has 1 aromatic carbocycles. The Labute approximate surface area is 115 Å². The molecule has 2 rings (SSSR count). The second kappa shape index (κ2) is 5.49. The van der Waals surface area contributed by atoms with E-state index in [1.807, 2.05) is 0 Å². The van der Waals surface area contributed by atoms with Gasteiger partial charge in [0.2, 0.25) is 0 Å².